The fraction of sp³-hybridized carbons (Fsp3) is 0.385. The zero-order valence-corrected chi connectivity index (χ0v) is 11.5. The number of benzene rings is 1. The average Bonchev–Trinajstić information content (AvgIpc) is 2.70. The molecule has 4 heteroatoms. The summed E-state index contributed by atoms with van der Waals surface area (Å²) in [4.78, 5) is 3.25. The first-order valence-corrected chi connectivity index (χ1v) is 7.15. The molecule has 2 nitrogen and oxygen atoms in total. The number of aliphatic hydroxyl groups is 1. The molecule has 17 heavy (non-hydrogen) atoms. The molecule has 2 rings (SSSR count). The largest absolute Gasteiger partial charge is 0.383 e. The van der Waals surface area contributed by atoms with Crippen molar-refractivity contribution >= 4 is 34.3 Å². The van der Waals surface area contributed by atoms with Gasteiger partial charge in [-0.15, -0.1) is 0 Å². The lowest BCUT2D eigenvalue weighted by molar-refractivity contribution is 0.0800. The number of thioether (sulfide) groups is 1. The minimum atomic E-state index is -0.827. The van der Waals surface area contributed by atoms with Crippen molar-refractivity contribution in [3.05, 3.63) is 35.0 Å². The summed E-state index contributed by atoms with van der Waals surface area (Å²) in [5.41, 5.74) is 1.02. The highest BCUT2D eigenvalue weighted by Gasteiger charge is 2.24. The molecule has 0 aliphatic carbocycles. The Bertz CT molecular complexity index is 521. The van der Waals surface area contributed by atoms with Crippen molar-refractivity contribution in [1.82, 2.24) is 4.98 Å². The third kappa shape index (κ3) is 2.79. The van der Waals surface area contributed by atoms with Crippen LogP contribution in [0.15, 0.2) is 24.3 Å². The highest BCUT2D eigenvalue weighted by Crippen LogP contribution is 2.28. The first kappa shape index (κ1) is 12.8. The maximum absolute atomic E-state index is 10.4. The van der Waals surface area contributed by atoms with E-state index in [1.165, 1.54) is 0 Å². The van der Waals surface area contributed by atoms with Crippen LogP contribution in [0.2, 0.25) is 5.02 Å². The van der Waals surface area contributed by atoms with Crippen LogP contribution in [0.5, 0.6) is 0 Å². The molecule has 1 aromatic carbocycles. The van der Waals surface area contributed by atoms with Crippen molar-refractivity contribution in [2.24, 2.45) is 0 Å². The standard InChI is InChI=1S/C13H16ClNOS/c1-3-17-8-13(2,16)12-7-9-6-10(14)4-5-11(9)15-12/h4-7,15-16H,3,8H2,1-2H3/t13-/m0/s1. The molecule has 0 saturated heterocycles. The number of aromatic nitrogens is 1. The Balaban J connectivity index is 2.35. The third-order valence-electron chi connectivity index (χ3n) is 2.75. The highest BCUT2D eigenvalue weighted by molar-refractivity contribution is 7.99. The van der Waals surface area contributed by atoms with Gasteiger partial charge < -0.3 is 10.1 Å². The molecular weight excluding hydrogens is 254 g/mol. The topological polar surface area (TPSA) is 36.0 Å². The molecule has 2 N–H and O–H groups in total. The fourth-order valence-electron chi connectivity index (χ4n) is 1.77. The first-order valence-electron chi connectivity index (χ1n) is 5.62. The molecule has 0 fully saturated rings. The van der Waals surface area contributed by atoms with Gasteiger partial charge in [0.15, 0.2) is 0 Å². The van der Waals surface area contributed by atoms with Gasteiger partial charge in [-0.3, -0.25) is 0 Å². The highest BCUT2D eigenvalue weighted by atomic mass is 35.5. The Hall–Kier alpha value is -0.640. The number of rotatable bonds is 4. The van der Waals surface area contributed by atoms with Crippen molar-refractivity contribution in [3.63, 3.8) is 0 Å². The van der Waals surface area contributed by atoms with Crippen molar-refractivity contribution in [2.75, 3.05) is 11.5 Å². The van der Waals surface area contributed by atoms with Crippen LogP contribution in [0.1, 0.15) is 19.5 Å². The Kier molecular flexibility index (Phi) is 3.71. The van der Waals surface area contributed by atoms with Gasteiger partial charge in [0.05, 0.1) is 0 Å². The van der Waals surface area contributed by atoms with E-state index in [9.17, 15) is 5.11 Å². The van der Waals surface area contributed by atoms with Crippen molar-refractivity contribution in [1.29, 1.82) is 0 Å². The summed E-state index contributed by atoms with van der Waals surface area (Å²) in [7, 11) is 0. The number of hydrogen-bond acceptors (Lipinski definition) is 2. The molecule has 0 aliphatic rings. The lowest BCUT2D eigenvalue weighted by Gasteiger charge is -2.21. The maximum Gasteiger partial charge on any atom is 0.110 e. The Morgan fingerprint density at radius 1 is 1.41 bits per heavy atom. The van der Waals surface area contributed by atoms with Crippen molar-refractivity contribution in [3.8, 4) is 0 Å². The van der Waals surface area contributed by atoms with Crippen LogP contribution < -0.4 is 0 Å². The summed E-state index contributed by atoms with van der Waals surface area (Å²) in [5, 5.41) is 12.2. The van der Waals surface area contributed by atoms with Gasteiger partial charge >= 0.3 is 0 Å². The van der Waals surface area contributed by atoms with Crippen LogP contribution in [0.3, 0.4) is 0 Å². The van der Waals surface area contributed by atoms with E-state index >= 15 is 0 Å². The van der Waals surface area contributed by atoms with Crippen LogP contribution in [-0.2, 0) is 5.60 Å². The fourth-order valence-corrected chi connectivity index (χ4v) is 2.71. The van der Waals surface area contributed by atoms with E-state index in [4.69, 9.17) is 11.6 Å². The van der Waals surface area contributed by atoms with E-state index in [1.807, 2.05) is 31.2 Å². The van der Waals surface area contributed by atoms with Gasteiger partial charge in [-0.2, -0.15) is 11.8 Å². The molecule has 0 spiro atoms. The predicted octanol–water partition coefficient (Wildman–Crippen LogP) is 3.78. The second-order valence-corrected chi connectivity index (χ2v) is 6.04. The Morgan fingerprint density at radius 3 is 2.88 bits per heavy atom. The predicted molar refractivity (Wildman–Crippen MR) is 75.9 cm³/mol. The number of halogens is 1. The summed E-state index contributed by atoms with van der Waals surface area (Å²) in [6, 6.07) is 7.65. The van der Waals surface area contributed by atoms with E-state index < -0.39 is 5.60 Å². The molecular formula is C13H16ClNOS. The van der Waals surface area contributed by atoms with E-state index in [0.29, 0.717) is 10.8 Å². The van der Waals surface area contributed by atoms with Crippen LogP contribution in [-0.4, -0.2) is 21.6 Å². The van der Waals surface area contributed by atoms with Gasteiger partial charge in [0.25, 0.3) is 0 Å². The monoisotopic (exact) mass is 269 g/mol. The number of nitrogens with one attached hydrogen (secondary N) is 1. The van der Waals surface area contributed by atoms with Crippen LogP contribution in [0.25, 0.3) is 10.9 Å². The molecule has 0 saturated carbocycles. The third-order valence-corrected chi connectivity index (χ3v) is 4.16. The molecule has 1 atom stereocenters. The zero-order chi connectivity index (χ0) is 12.5. The molecule has 2 aromatic rings. The van der Waals surface area contributed by atoms with Crippen LogP contribution >= 0.6 is 23.4 Å². The second-order valence-electron chi connectivity index (χ2n) is 4.33. The van der Waals surface area contributed by atoms with Gasteiger partial charge in [-0.05, 0) is 36.9 Å². The summed E-state index contributed by atoms with van der Waals surface area (Å²) < 4.78 is 0. The van der Waals surface area contributed by atoms with E-state index in [2.05, 4.69) is 11.9 Å². The molecule has 1 aromatic heterocycles. The van der Waals surface area contributed by atoms with Crippen molar-refractivity contribution in [2.45, 2.75) is 19.4 Å². The number of H-pyrrole nitrogens is 1. The molecule has 0 bridgehead atoms. The summed E-state index contributed by atoms with van der Waals surface area (Å²) in [5.74, 6) is 1.69. The van der Waals surface area contributed by atoms with E-state index in [0.717, 1.165) is 22.3 Å². The minimum Gasteiger partial charge on any atom is -0.383 e. The SMILES string of the molecule is CCSC[C@](C)(O)c1cc2cc(Cl)ccc2[nH]1. The summed E-state index contributed by atoms with van der Waals surface area (Å²) in [6.07, 6.45) is 0. The molecule has 0 amide bonds. The van der Waals surface area contributed by atoms with Gasteiger partial charge in [0.1, 0.15) is 5.60 Å². The summed E-state index contributed by atoms with van der Waals surface area (Å²) >= 11 is 7.67. The van der Waals surface area contributed by atoms with Gasteiger partial charge in [0, 0.05) is 27.4 Å². The van der Waals surface area contributed by atoms with Crippen molar-refractivity contribution < 1.29 is 5.11 Å². The number of fused-ring (bicyclic) bond motifs is 1. The Labute approximate surface area is 110 Å². The summed E-state index contributed by atoms with van der Waals surface area (Å²) in [6.45, 7) is 3.92. The second kappa shape index (κ2) is 4.92. The van der Waals surface area contributed by atoms with E-state index in [-0.39, 0.29) is 0 Å². The Morgan fingerprint density at radius 2 is 2.18 bits per heavy atom. The first-order chi connectivity index (χ1) is 8.03. The molecule has 0 radical (unpaired) electrons. The van der Waals surface area contributed by atoms with E-state index in [1.54, 1.807) is 11.8 Å². The maximum atomic E-state index is 10.4. The zero-order valence-electron chi connectivity index (χ0n) is 9.96. The van der Waals surface area contributed by atoms with Gasteiger partial charge in [0.2, 0.25) is 0 Å². The smallest absolute Gasteiger partial charge is 0.110 e. The average molecular weight is 270 g/mol. The van der Waals surface area contributed by atoms with Crippen LogP contribution in [0, 0.1) is 0 Å². The molecule has 92 valence electrons. The lowest BCUT2D eigenvalue weighted by atomic mass is 10.1. The molecule has 0 unspecified atom stereocenters. The quantitative estimate of drug-likeness (QED) is 0.886. The molecule has 0 aliphatic heterocycles. The minimum absolute atomic E-state index is 0.685. The normalized spacial score (nSPS) is 15.1. The molecule has 1 heterocycles. The number of aromatic amines is 1. The number of hydrogen-bond donors (Lipinski definition) is 2. The van der Waals surface area contributed by atoms with Gasteiger partial charge in [-0.1, -0.05) is 18.5 Å². The van der Waals surface area contributed by atoms with Gasteiger partial charge in [-0.25, -0.2) is 0 Å². The van der Waals surface area contributed by atoms with Crippen LogP contribution in [0.4, 0.5) is 0 Å². The lowest BCUT2D eigenvalue weighted by Crippen LogP contribution is -2.24.